The minimum atomic E-state index is 0.0153. The lowest BCUT2D eigenvalue weighted by atomic mass is 10.1. The van der Waals surface area contributed by atoms with Gasteiger partial charge in [0.2, 0.25) is 0 Å². The van der Waals surface area contributed by atoms with Gasteiger partial charge in [0.15, 0.2) is 0 Å². The fraction of sp³-hybridized carbons (Fsp3) is 0.250. The number of hydrogen-bond acceptors (Lipinski definition) is 4. The number of aliphatic hydroxyl groups is 1. The van der Waals surface area contributed by atoms with Gasteiger partial charge in [0, 0.05) is 19.1 Å². The molecule has 1 atom stereocenters. The van der Waals surface area contributed by atoms with Crippen molar-refractivity contribution in [1.82, 2.24) is 5.32 Å². The molecule has 0 aliphatic carbocycles. The monoisotopic (exact) mass is 272 g/mol. The van der Waals surface area contributed by atoms with Gasteiger partial charge >= 0.3 is 0 Å². The van der Waals surface area contributed by atoms with Crippen molar-refractivity contribution in [3.05, 3.63) is 60.2 Å². The first-order chi connectivity index (χ1) is 9.83. The summed E-state index contributed by atoms with van der Waals surface area (Å²) in [7, 11) is 0. The zero-order valence-corrected chi connectivity index (χ0v) is 11.3. The molecule has 0 spiro atoms. The van der Waals surface area contributed by atoms with Gasteiger partial charge in [0.25, 0.3) is 0 Å². The van der Waals surface area contributed by atoms with E-state index in [1.807, 2.05) is 54.6 Å². The van der Waals surface area contributed by atoms with Crippen LogP contribution in [0.3, 0.4) is 0 Å². The minimum absolute atomic E-state index is 0.0153. The summed E-state index contributed by atoms with van der Waals surface area (Å²) < 4.78 is 5.80. The molecule has 2 aromatic carbocycles. The maximum Gasteiger partial charge on any atom is 0.127 e. The minimum Gasteiger partial charge on any atom is -0.457 e. The highest BCUT2D eigenvalue weighted by Crippen LogP contribution is 2.24. The summed E-state index contributed by atoms with van der Waals surface area (Å²) in [5, 5.41) is 12.1. The molecule has 0 amide bonds. The molecule has 4 N–H and O–H groups in total. The van der Waals surface area contributed by atoms with E-state index in [4.69, 9.17) is 15.6 Å². The molecule has 0 bridgehead atoms. The Kier molecular flexibility index (Phi) is 5.55. The molecule has 106 valence electrons. The molecule has 4 nitrogen and oxygen atoms in total. The second kappa shape index (κ2) is 7.65. The highest BCUT2D eigenvalue weighted by atomic mass is 16.5. The SMILES string of the molecule is NCC(NCCO)c1cccc(Oc2ccccc2)c1. The van der Waals surface area contributed by atoms with Crippen LogP contribution in [0.15, 0.2) is 54.6 Å². The Hall–Kier alpha value is -1.88. The van der Waals surface area contributed by atoms with Crippen LogP contribution in [-0.2, 0) is 0 Å². The Morgan fingerprint density at radius 1 is 1.05 bits per heavy atom. The molecule has 0 aliphatic heterocycles. The Morgan fingerprint density at radius 3 is 2.50 bits per heavy atom. The van der Waals surface area contributed by atoms with Crippen LogP contribution in [0, 0.1) is 0 Å². The summed E-state index contributed by atoms with van der Waals surface area (Å²) in [5.74, 6) is 1.58. The van der Waals surface area contributed by atoms with Gasteiger partial charge in [-0.15, -0.1) is 0 Å². The van der Waals surface area contributed by atoms with Crippen molar-refractivity contribution in [3.8, 4) is 11.5 Å². The number of hydrogen-bond donors (Lipinski definition) is 3. The molecule has 4 heteroatoms. The van der Waals surface area contributed by atoms with Crippen LogP contribution in [-0.4, -0.2) is 24.8 Å². The lowest BCUT2D eigenvalue weighted by molar-refractivity contribution is 0.285. The quantitative estimate of drug-likeness (QED) is 0.721. The summed E-state index contributed by atoms with van der Waals surface area (Å²) in [6.45, 7) is 1.08. The number of nitrogens with one attached hydrogen (secondary N) is 1. The van der Waals surface area contributed by atoms with Crippen molar-refractivity contribution < 1.29 is 9.84 Å². The van der Waals surface area contributed by atoms with Crippen LogP contribution in [0.2, 0.25) is 0 Å². The van der Waals surface area contributed by atoms with Gasteiger partial charge < -0.3 is 20.9 Å². The number of aliphatic hydroxyl groups excluding tert-OH is 1. The van der Waals surface area contributed by atoms with Crippen molar-refractivity contribution in [2.75, 3.05) is 19.7 Å². The first kappa shape index (κ1) is 14.5. The fourth-order valence-corrected chi connectivity index (χ4v) is 2.00. The second-order valence-corrected chi connectivity index (χ2v) is 4.45. The van der Waals surface area contributed by atoms with E-state index in [1.54, 1.807) is 0 Å². The van der Waals surface area contributed by atoms with E-state index >= 15 is 0 Å². The molecule has 0 fully saturated rings. The Labute approximate surface area is 119 Å². The number of ether oxygens (including phenoxy) is 1. The van der Waals surface area contributed by atoms with Crippen molar-refractivity contribution in [2.45, 2.75) is 6.04 Å². The zero-order chi connectivity index (χ0) is 14.2. The van der Waals surface area contributed by atoms with Gasteiger partial charge in [-0.1, -0.05) is 30.3 Å². The molecule has 2 aromatic rings. The third-order valence-electron chi connectivity index (χ3n) is 2.98. The maximum absolute atomic E-state index is 8.88. The Bertz CT molecular complexity index is 517. The maximum atomic E-state index is 8.88. The predicted octanol–water partition coefficient (Wildman–Crippen LogP) is 2.06. The van der Waals surface area contributed by atoms with E-state index < -0.39 is 0 Å². The molecular weight excluding hydrogens is 252 g/mol. The summed E-state index contributed by atoms with van der Waals surface area (Å²) in [4.78, 5) is 0. The second-order valence-electron chi connectivity index (χ2n) is 4.45. The lowest BCUT2D eigenvalue weighted by Gasteiger charge is -2.17. The largest absolute Gasteiger partial charge is 0.457 e. The predicted molar refractivity (Wildman–Crippen MR) is 79.8 cm³/mol. The van der Waals surface area contributed by atoms with Crippen LogP contribution < -0.4 is 15.8 Å². The smallest absolute Gasteiger partial charge is 0.127 e. The van der Waals surface area contributed by atoms with E-state index in [1.165, 1.54) is 0 Å². The molecule has 0 saturated carbocycles. The van der Waals surface area contributed by atoms with Crippen LogP contribution in [0.4, 0.5) is 0 Å². The van der Waals surface area contributed by atoms with Crippen molar-refractivity contribution >= 4 is 0 Å². The van der Waals surface area contributed by atoms with Gasteiger partial charge in [0.1, 0.15) is 11.5 Å². The third kappa shape index (κ3) is 4.06. The molecular formula is C16H20N2O2. The van der Waals surface area contributed by atoms with Gasteiger partial charge in [-0.05, 0) is 29.8 Å². The Morgan fingerprint density at radius 2 is 1.80 bits per heavy atom. The summed E-state index contributed by atoms with van der Waals surface area (Å²) in [6.07, 6.45) is 0. The van der Waals surface area contributed by atoms with Crippen LogP contribution in [0.5, 0.6) is 11.5 Å². The van der Waals surface area contributed by atoms with Crippen molar-refractivity contribution in [2.24, 2.45) is 5.73 Å². The van der Waals surface area contributed by atoms with Gasteiger partial charge in [-0.2, -0.15) is 0 Å². The van der Waals surface area contributed by atoms with Crippen LogP contribution >= 0.6 is 0 Å². The van der Waals surface area contributed by atoms with Gasteiger partial charge in [-0.3, -0.25) is 0 Å². The zero-order valence-electron chi connectivity index (χ0n) is 11.3. The molecule has 0 aromatic heterocycles. The first-order valence-corrected chi connectivity index (χ1v) is 6.70. The summed E-state index contributed by atoms with van der Waals surface area (Å²) in [6, 6.07) is 17.5. The summed E-state index contributed by atoms with van der Waals surface area (Å²) in [5.41, 5.74) is 6.81. The van der Waals surface area contributed by atoms with Crippen LogP contribution in [0.25, 0.3) is 0 Å². The molecule has 20 heavy (non-hydrogen) atoms. The normalized spacial score (nSPS) is 12.1. The van der Waals surface area contributed by atoms with E-state index in [0.29, 0.717) is 13.1 Å². The molecule has 0 radical (unpaired) electrons. The van der Waals surface area contributed by atoms with E-state index in [-0.39, 0.29) is 12.6 Å². The molecule has 2 rings (SSSR count). The third-order valence-corrected chi connectivity index (χ3v) is 2.98. The summed E-state index contributed by atoms with van der Waals surface area (Å²) >= 11 is 0. The standard InChI is InChI=1S/C16H20N2O2/c17-12-16(18-9-10-19)13-5-4-8-15(11-13)20-14-6-2-1-3-7-14/h1-8,11,16,18-19H,9-10,12,17H2. The first-order valence-electron chi connectivity index (χ1n) is 6.70. The number of benzene rings is 2. The van der Waals surface area contributed by atoms with E-state index in [9.17, 15) is 0 Å². The van der Waals surface area contributed by atoms with Gasteiger partial charge in [0.05, 0.1) is 6.61 Å². The fourth-order valence-electron chi connectivity index (χ4n) is 2.00. The van der Waals surface area contributed by atoms with E-state index in [0.717, 1.165) is 17.1 Å². The topological polar surface area (TPSA) is 67.5 Å². The number of rotatable bonds is 7. The molecule has 0 aliphatic rings. The van der Waals surface area contributed by atoms with Crippen molar-refractivity contribution in [1.29, 1.82) is 0 Å². The number of nitrogens with two attached hydrogens (primary N) is 1. The van der Waals surface area contributed by atoms with Gasteiger partial charge in [-0.25, -0.2) is 0 Å². The highest BCUT2D eigenvalue weighted by molar-refractivity contribution is 5.35. The Balaban J connectivity index is 2.10. The van der Waals surface area contributed by atoms with Crippen molar-refractivity contribution in [3.63, 3.8) is 0 Å². The molecule has 0 heterocycles. The van der Waals surface area contributed by atoms with Crippen LogP contribution in [0.1, 0.15) is 11.6 Å². The average Bonchev–Trinajstić information content (AvgIpc) is 2.49. The number of para-hydroxylation sites is 1. The lowest BCUT2D eigenvalue weighted by Crippen LogP contribution is -2.30. The average molecular weight is 272 g/mol. The molecule has 1 unspecified atom stereocenters. The van der Waals surface area contributed by atoms with E-state index in [2.05, 4.69) is 5.32 Å². The molecule has 0 saturated heterocycles. The highest BCUT2D eigenvalue weighted by Gasteiger charge is 2.09.